The third kappa shape index (κ3) is 8.62. The van der Waals surface area contributed by atoms with Gasteiger partial charge in [-0.15, -0.1) is 4.72 Å². The molecule has 0 radical (unpaired) electrons. The molecule has 0 unspecified atom stereocenters. The van der Waals surface area contributed by atoms with Crippen molar-refractivity contribution in [3.63, 3.8) is 0 Å². The third-order valence-electron chi connectivity index (χ3n) is 7.87. The second-order valence-electron chi connectivity index (χ2n) is 11.3. The second kappa shape index (κ2) is 13.5. The van der Waals surface area contributed by atoms with Crippen LogP contribution in [0, 0.1) is 6.57 Å². The van der Waals surface area contributed by atoms with Crippen LogP contribution in [0.2, 0.25) is 0 Å². The summed E-state index contributed by atoms with van der Waals surface area (Å²) in [5.41, 5.74) is -5.61. The smallest absolute Gasteiger partial charge is 0.416 e. The second-order valence-corrected chi connectivity index (χ2v) is 13.1. The Bertz CT molecular complexity index is 1680. The minimum absolute atomic E-state index is 0.0199. The highest BCUT2D eigenvalue weighted by atomic mass is 32.2. The molecule has 8 nitrogen and oxygen atoms in total. The number of amides is 1. The van der Waals surface area contributed by atoms with E-state index < -0.39 is 75.6 Å². The van der Waals surface area contributed by atoms with Crippen LogP contribution >= 0.6 is 0 Å². The number of hydrogen-bond donors (Lipinski definition) is 1. The normalized spacial score (nSPS) is 21.1. The van der Waals surface area contributed by atoms with Gasteiger partial charge >= 0.3 is 24.1 Å². The van der Waals surface area contributed by atoms with E-state index in [0.29, 0.717) is 23.3 Å². The Labute approximate surface area is 268 Å². The molecule has 1 heterocycles. The molecule has 0 saturated carbocycles. The molecular weight excluding hydrogens is 652 g/mol. The fourth-order valence-electron chi connectivity index (χ4n) is 5.47. The van der Waals surface area contributed by atoms with Crippen LogP contribution < -0.4 is 4.72 Å². The van der Waals surface area contributed by atoms with Gasteiger partial charge in [-0.3, -0.25) is 9.74 Å². The molecule has 1 aliphatic rings. The zero-order valence-electron chi connectivity index (χ0n) is 25.2. The van der Waals surface area contributed by atoms with Gasteiger partial charge in [-0.1, -0.05) is 60.7 Å². The number of carbonyl (C=O) groups excluding carboxylic acids is 1. The predicted molar refractivity (Wildman–Crippen MR) is 159 cm³/mol. The van der Waals surface area contributed by atoms with Gasteiger partial charge in [0.25, 0.3) is 0 Å². The lowest BCUT2D eigenvalue weighted by Crippen LogP contribution is -2.65. The molecule has 4 rings (SSSR count). The molecule has 47 heavy (non-hydrogen) atoms. The largest absolute Gasteiger partial charge is 0.445 e. The zero-order chi connectivity index (χ0) is 34.7. The van der Waals surface area contributed by atoms with E-state index in [0.717, 1.165) is 11.2 Å². The van der Waals surface area contributed by atoms with Crippen LogP contribution in [0.4, 0.5) is 31.1 Å². The van der Waals surface area contributed by atoms with Crippen molar-refractivity contribution in [3.8, 4) is 0 Å². The van der Waals surface area contributed by atoms with Crippen LogP contribution in [0.1, 0.15) is 53.7 Å². The number of likely N-dealkylation sites (tertiary alicyclic amines) is 1. The van der Waals surface area contributed by atoms with Crippen molar-refractivity contribution in [2.75, 3.05) is 19.4 Å². The van der Waals surface area contributed by atoms with Gasteiger partial charge in [-0.25, -0.2) is 19.8 Å². The summed E-state index contributed by atoms with van der Waals surface area (Å²) >= 11 is 0. The maximum absolute atomic E-state index is 13.9. The number of nitrogens with one attached hydrogen (secondary N) is 1. The summed E-state index contributed by atoms with van der Waals surface area (Å²) in [6, 6.07) is 18.1. The number of piperidine rings is 1. The van der Waals surface area contributed by atoms with Crippen molar-refractivity contribution >= 4 is 16.1 Å². The van der Waals surface area contributed by atoms with Crippen LogP contribution in [0.25, 0.3) is 4.85 Å². The maximum Gasteiger partial charge on any atom is 0.416 e. The number of hydrogen-bond acceptors (Lipinski definition) is 5. The molecule has 1 saturated heterocycles. The van der Waals surface area contributed by atoms with Crippen molar-refractivity contribution in [3.05, 3.63) is 118 Å². The van der Waals surface area contributed by atoms with Gasteiger partial charge in [-0.05, 0) is 48.2 Å². The number of nitrogens with zero attached hydrogens (tertiary/aromatic N) is 2. The van der Waals surface area contributed by atoms with Crippen molar-refractivity contribution < 1.29 is 49.0 Å². The molecule has 0 spiro atoms. The van der Waals surface area contributed by atoms with Crippen molar-refractivity contribution in [1.29, 1.82) is 0 Å². The van der Waals surface area contributed by atoms with Gasteiger partial charge in [0.15, 0.2) is 0 Å². The van der Waals surface area contributed by atoms with Crippen LogP contribution in [-0.4, -0.2) is 44.5 Å². The number of sulfonamides is 1. The van der Waals surface area contributed by atoms with Crippen LogP contribution in [0.15, 0.2) is 78.9 Å². The molecule has 0 bridgehead atoms. The lowest BCUT2D eigenvalue weighted by atomic mass is 9.78. The minimum Gasteiger partial charge on any atom is -0.445 e. The van der Waals surface area contributed by atoms with E-state index in [2.05, 4.69) is 9.57 Å². The molecule has 1 amide bonds. The van der Waals surface area contributed by atoms with E-state index in [4.69, 9.17) is 16.0 Å². The topological polar surface area (TPSA) is 89.3 Å². The van der Waals surface area contributed by atoms with E-state index in [1.54, 1.807) is 60.7 Å². The average Bonchev–Trinajstić information content (AvgIpc) is 3.02. The van der Waals surface area contributed by atoms with E-state index in [1.807, 2.05) is 0 Å². The van der Waals surface area contributed by atoms with Gasteiger partial charge in [0.1, 0.15) is 13.2 Å². The minimum atomic E-state index is -5.07. The first-order valence-corrected chi connectivity index (χ1v) is 16.1. The highest BCUT2D eigenvalue weighted by Crippen LogP contribution is 2.44. The molecule has 1 fully saturated rings. The fraction of sp³-hybridized carbons (Fsp3) is 0.375. The SMILES string of the molecule is [C-]#[N+][C@]1(NS(C)(=O)=O)CC[C@@](CO[C@H](C)c2cc(C(F)(F)F)cc(C(F)(F)F)c2)(c2ccccc2)N(C(=O)OCc2ccccc2)C1. The Morgan fingerprint density at radius 3 is 2.02 bits per heavy atom. The Balaban J connectivity index is 1.76. The number of halogens is 6. The standard InChI is InChI=1S/C32H31F6N3O5S/c1-22(24-16-26(31(33,34)35)18-27(17-24)32(36,37)38)46-21-29(25-12-8-5-9-13-25)14-15-30(39-2,40-47(3,43)44)20-41(29)28(42)45-19-23-10-6-4-7-11-23/h4-13,16-18,22,40H,14-15,19-21H2,1,3H3/t22-,29-,30+/m1/s1. The monoisotopic (exact) mass is 683 g/mol. The van der Waals surface area contributed by atoms with E-state index in [-0.39, 0.29) is 25.5 Å². The number of benzene rings is 3. The van der Waals surface area contributed by atoms with Gasteiger partial charge < -0.3 is 9.47 Å². The molecule has 3 aromatic carbocycles. The maximum atomic E-state index is 13.9. The molecule has 0 aromatic heterocycles. The Morgan fingerprint density at radius 2 is 1.51 bits per heavy atom. The first-order chi connectivity index (χ1) is 21.9. The van der Waals surface area contributed by atoms with Crippen molar-refractivity contribution in [2.45, 2.75) is 56.0 Å². The number of ether oxygens (including phenoxy) is 2. The first-order valence-electron chi connectivity index (χ1n) is 14.2. The van der Waals surface area contributed by atoms with Gasteiger partial charge in [0.2, 0.25) is 10.0 Å². The number of carbonyl (C=O) groups is 1. The van der Waals surface area contributed by atoms with E-state index in [1.165, 1.54) is 6.92 Å². The summed E-state index contributed by atoms with van der Waals surface area (Å²) in [5.74, 6) is 0. The molecule has 3 aromatic rings. The van der Waals surface area contributed by atoms with E-state index >= 15 is 0 Å². The van der Waals surface area contributed by atoms with E-state index in [9.17, 15) is 39.6 Å². The highest BCUT2D eigenvalue weighted by Gasteiger charge is 2.56. The van der Waals surface area contributed by atoms with Crippen molar-refractivity contribution in [2.24, 2.45) is 0 Å². The van der Waals surface area contributed by atoms with Crippen molar-refractivity contribution in [1.82, 2.24) is 9.62 Å². The van der Waals surface area contributed by atoms with Gasteiger partial charge in [0, 0.05) is 6.42 Å². The first kappa shape index (κ1) is 35.7. The zero-order valence-corrected chi connectivity index (χ0v) is 26.0. The Kier molecular flexibility index (Phi) is 10.3. The van der Waals surface area contributed by atoms with Gasteiger partial charge in [-0.2, -0.15) is 26.3 Å². The molecule has 3 atom stereocenters. The lowest BCUT2D eigenvalue weighted by Gasteiger charge is -2.49. The molecule has 0 aliphatic carbocycles. The van der Waals surface area contributed by atoms with Crippen LogP contribution in [-0.2, 0) is 44.0 Å². The Hall–Kier alpha value is -4.13. The molecular formula is C32H31F6N3O5S. The number of rotatable bonds is 9. The molecule has 1 N–H and O–H groups in total. The fourth-order valence-corrected chi connectivity index (χ4v) is 6.38. The summed E-state index contributed by atoms with van der Waals surface area (Å²) in [7, 11) is -3.95. The van der Waals surface area contributed by atoms with Crippen LogP contribution in [0.3, 0.4) is 0 Å². The molecule has 15 heteroatoms. The summed E-state index contributed by atoms with van der Waals surface area (Å²) in [6.07, 6.45) is -11.8. The van der Waals surface area contributed by atoms with Crippen LogP contribution in [0.5, 0.6) is 0 Å². The number of alkyl halides is 6. The van der Waals surface area contributed by atoms with Gasteiger partial charge in [0.05, 0.1) is 35.6 Å². The third-order valence-corrected chi connectivity index (χ3v) is 8.62. The summed E-state index contributed by atoms with van der Waals surface area (Å²) in [4.78, 5) is 18.6. The quantitative estimate of drug-likeness (QED) is 0.189. The molecule has 252 valence electrons. The predicted octanol–water partition coefficient (Wildman–Crippen LogP) is 7.29. The lowest BCUT2D eigenvalue weighted by molar-refractivity contribution is -0.143. The Morgan fingerprint density at radius 1 is 0.957 bits per heavy atom. The molecule has 1 aliphatic heterocycles. The highest BCUT2D eigenvalue weighted by molar-refractivity contribution is 7.88. The summed E-state index contributed by atoms with van der Waals surface area (Å²) in [5, 5.41) is 0. The summed E-state index contributed by atoms with van der Waals surface area (Å²) in [6.45, 7) is 7.99. The average molecular weight is 684 g/mol. The summed E-state index contributed by atoms with van der Waals surface area (Å²) < 4.78 is 120.